The first-order chi connectivity index (χ1) is 16.4. The smallest absolute Gasteiger partial charge is 0.263 e. The highest BCUT2D eigenvalue weighted by molar-refractivity contribution is 5.90. The van der Waals surface area contributed by atoms with Gasteiger partial charge in [0.15, 0.2) is 5.65 Å². The largest absolute Gasteiger partial charge is 0.383 e. The molecule has 0 aliphatic carbocycles. The molecule has 168 valence electrons. The first-order valence-electron chi connectivity index (χ1n) is 10.8. The van der Waals surface area contributed by atoms with Crippen LogP contribution in [0.25, 0.3) is 27.5 Å². The van der Waals surface area contributed by atoms with Crippen LogP contribution in [0.2, 0.25) is 0 Å². The van der Waals surface area contributed by atoms with Crippen LogP contribution in [0.4, 0.5) is 5.82 Å². The predicted molar refractivity (Wildman–Crippen MR) is 132 cm³/mol. The molecule has 0 radical (unpaired) electrons. The highest BCUT2D eigenvalue weighted by Crippen LogP contribution is 2.24. The van der Waals surface area contributed by atoms with Gasteiger partial charge in [0.1, 0.15) is 23.9 Å². The number of hydrogen-bond donors (Lipinski definition) is 2. The molecule has 0 aliphatic heterocycles. The summed E-state index contributed by atoms with van der Waals surface area (Å²) < 4.78 is 3.38. The van der Waals surface area contributed by atoms with Crippen molar-refractivity contribution in [2.45, 2.75) is 26.5 Å². The zero-order chi connectivity index (χ0) is 23.8. The lowest BCUT2D eigenvalue weighted by atomic mass is 10.1. The number of nitrogen functional groups attached to an aromatic ring is 1. The molecule has 5 rings (SSSR count). The quantitative estimate of drug-likeness (QED) is 0.409. The van der Waals surface area contributed by atoms with Crippen molar-refractivity contribution in [2.75, 3.05) is 5.73 Å². The highest BCUT2D eigenvalue weighted by Gasteiger charge is 2.18. The van der Waals surface area contributed by atoms with Crippen molar-refractivity contribution in [3.05, 3.63) is 88.2 Å². The normalized spacial score (nSPS) is 12.0. The Morgan fingerprint density at radius 2 is 1.88 bits per heavy atom. The van der Waals surface area contributed by atoms with Crippen LogP contribution in [0.15, 0.2) is 65.7 Å². The summed E-state index contributed by atoms with van der Waals surface area (Å²) in [6.45, 7) is 3.79. The number of aromatic nitrogens is 5. The van der Waals surface area contributed by atoms with E-state index in [1.165, 1.54) is 6.33 Å². The third-order valence-electron chi connectivity index (χ3n) is 5.63. The monoisotopic (exact) mass is 450 g/mol. The molecule has 34 heavy (non-hydrogen) atoms. The highest BCUT2D eigenvalue weighted by atomic mass is 16.3. The zero-order valence-corrected chi connectivity index (χ0v) is 18.7. The molecule has 3 heterocycles. The first kappa shape index (κ1) is 21.4. The summed E-state index contributed by atoms with van der Waals surface area (Å²) in [6.07, 6.45) is 0.550. The number of anilines is 1. The average Bonchev–Trinajstić information content (AvgIpc) is 3.17. The number of nitrogens with two attached hydrogens (primary N) is 1. The van der Waals surface area contributed by atoms with Crippen molar-refractivity contribution in [1.29, 1.82) is 0 Å². The number of benzene rings is 2. The fourth-order valence-electron chi connectivity index (χ4n) is 4.06. The summed E-state index contributed by atoms with van der Waals surface area (Å²) in [6, 6.07) is 17.3. The second-order valence-electron chi connectivity index (χ2n) is 8.06. The van der Waals surface area contributed by atoms with Crippen LogP contribution in [0.1, 0.15) is 23.9 Å². The number of aliphatic hydroxyl groups excluding tert-OH is 1. The minimum atomic E-state index is -0.822. The molecule has 0 spiro atoms. The van der Waals surface area contributed by atoms with Gasteiger partial charge in [0, 0.05) is 11.1 Å². The third kappa shape index (κ3) is 3.68. The van der Waals surface area contributed by atoms with Gasteiger partial charge in [-0.3, -0.25) is 9.36 Å². The molecule has 0 fully saturated rings. The number of pyridine rings is 1. The molecular formula is C26H22N6O2. The lowest BCUT2D eigenvalue weighted by molar-refractivity contribution is 0.253. The summed E-state index contributed by atoms with van der Waals surface area (Å²) in [5, 5.41) is 16.2. The number of para-hydroxylation sites is 1. The number of hydrogen-bond acceptors (Lipinski definition) is 6. The molecule has 1 atom stereocenters. The van der Waals surface area contributed by atoms with Gasteiger partial charge in [0.25, 0.3) is 5.56 Å². The van der Waals surface area contributed by atoms with Crippen molar-refractivity contribution in [1.82, 2.24) is 24.3 Å². The molecule has 2 aromatic carbocycles. The summed E-state index contributed by atoms with van der Waals surface area (Å²) in [5.74, 6) is 5.82. The van der Waals surface area contributed by atoms with Gasteiger partial charge in [0.05, 0.1) is 17.6 Å². The van der Waals surface area contributed by atoms with Crippen molar-refractivity contribution < 1.29 is 5.11 Å². The fraction of sp³-hybridized carbons (Fsp3) is 0.154. The van der Waals surface area contributed by atoms with Crippen LogP contribution in [-0.4, -0.2) is 35.5 Å². The van der Waals surface area contributed by atoms with Crippen molar-refractivity contribution in [3.63, 3.8) is 0 Å². The standard InChI is InChI=1S/C26H22N6O2/c1-16-7-3-6-10-22(16)32-19(13-18-8-4-5-9-20(18)26(32)34)14-31-25-23(24(27)28-15-29-25)21(30-31)12-11-17(2)33/h3-10,13,15,17,33H,14H2,1-2H3,(H2,27,28,29). The predicted octanol–water partition coefficient (Wildman–Crippen LogP) is 2.80. The summed E-state index contributed by atoms with van der Waals surface area (Å²) >= 11 is 0. The van der Waals surface area contributed by atoms with E-state index in [0.29, 0.717) is 22.1 Å². The van der Waals surface area contributed by atoms with Crippen LogP contribution in [0, 0.1) is 18.8 Å². The number of fused-ring (bicyclic) bond motifs is 2. The molecule has 8 nitrogen and oxygen atoms in total. The Balaban J connectivity index is 1.77. The number of aliphatic hydroxyl groups is 1. The fourth-order valence-corrected chi connectivity index (χ4v) is 4.06. The molecule has 3 aromatic heterocycles. The van der Waals surface area contributed by atoms with Crippen LogP contribution < -0.4 is 11.3 Å². The van der Waals surface area contributed by atoms with E-state index in [2.05, 4.69) is 26.9 Å². The van der Waals surface area contributed by atoms with E-state index in [1.54, 1.807) is 16.2 Å². The molecule has 0 aliphatic rings. The molecule has 1 unspecified atom stereocenters. The van der Waals surface area contributed by atoms with Gasteiger partial charge in [0.2, 0.25) is 0 Å². The Morgan fingerprint density at radius 1 is 1.12 bits per heavy atom. The number of nitrogens with zero attached hydrogens (tertiary/aromatic N) is 5. The minimum Gasteiger partial charge on any atom is -0.383 e. The van der Waals surface area contributed by atoms with Crippen LogP contribution in [-0.2, 0) is 6.54 Å². The lowest BCUT2D eigenvalue weighted by Gasteiger charge is -2.17. The molecule has 5 aromatic rings. The van der Waals surface area contributed by atoms with E-state index in [0.717, 1.165) is 22.3 Å². The summed E-state index contributed by atoms with van der Waals surface area (Å²) in [5.41, 5.74) is 9.39. The van der Waals surface area contributed by atoms with Crippen molar-refractivity contribution in [3.8, 4) is 17.5 Å². The SMILES string of the molecule is Cc1ccccc1-n1c(Cn2nc(C#CC(C)O)c3c(N)ncnc32)cc2ccccc2c1=O. The van der Waals surface area contributed by atoms with Crippen LogP contribution in [0.5, 0.6) is 0 Å². The number of rotatable bonds is 3. The lowest BCUT2D eigenvalue weighted by Crippen LogP contribution is -2.24. The Morgan fingerprint density at radius 3 is 2.68 bits per heavy atom. The Bertz CT molecular complexity index is 1670. The molecule has 0 saturated carbocycles. The molecule has 8 heteroatoms. The molecule has 0 amide bonds. The first-order valence-corrected chi connectivity index (χ1v) is 10.8. The van der Waals surface area contributed by atoms with Gasteiger partial charge in [-0.05, 0) is 48.9 Å². The maximum atomic E-state index is 13.6. The maximum absolute atomic E-state index is 13.6. The Kier molecular flexibility index (Phi) is 5.32. The zero-order valence-electron chi connectivity index (χ0n) is 18.7. The van der Waals surface area contributed by atoms with Gasteiger partial charge in [-0.2, -0.15) is 5.10 Å². The van der Waals surface area contributed by atoms with E-state index >= 15 is 0 Å². The van der Waals surface area contributed by atoms with E-state index in [1.807, 2.05) is 61.5 Å². The van der Waals surface area contributed by atoms with E-state index in [9.17, 15) is 9.90 Å². The van der Waals surface area contributed by atoms with Gasteiger partial charge < -0.3 is 10.8 Å². The number of aryl methyl sites for hydroxylation is 1. The minimum absolute atomic E-state index is 0.109. The van der Waals surface area contributed by atoms with E-state index < -0.39 is 6.10 Å². The van der Waals surface area contributed by atoms with Crippen molar-refractivity contribution >= 4 is 27.6 Å². The average molecular weight is 451 g/mol. The van der Waals surface area contributed by atoms with Gasteiger partial charge >= 0.3 is 0 Å². The summed E-state index contributed by atoms with van der Waals surface area (Å²) in [4.78, 5) is 22.1. The van der Waals surface area contributed by atoms with E-state index in [-0.39, 0.29) is 17.9 Å². The van der Waals surface area contributed by atoms with Gasteiger partial charge in [-0.15, -0.1) is 0 Å². The Labute approximate surface area is 195 Å². The molecule has 0 bridgehead atoms. The second-order valence-corrected chi connectivity index (χ2v) is 8.06. The Hall–Kier alpha value is -4.48. The van der Waals surface area contributed by atoms with Gasteiger partial charge in [-0.25, -0.2) is 14.6 Å². The van der Waals surface area contributed by atoms with Crippen LogP contribution >= 0.6 is 0 Å². The van der Waals surface area contributed by atoms with Gasteiger partial charge in [-0.1, -0.05) is 42.3 Å². The summed E-state index contributed by atoms with van der Waals surface area (Å²) in [7, 11) is 0. The molecular weight excluding hydrogens is 428 g/mol. The molecule has 3 N–H and O–H groups in total. The second kappa shape index (κ2) is 8.46. The third-order valence-corrected chi connectivity index (χ3v) is 5.63. The van der Waals surface area contributed by atoms with E-state index in [4.69, 9.17) is 5.73 Å². The molecule has 0 saturated heterocycles. The maximum Gasteiger partial charge on any atom is 0.263 e. The topological polar surface area (TPSA) is 112 Å². The van der Waals surface area contributed by atoms with Crippen LogP contribution in [0.3, 0.4) is 0 Å². The van der Waals surface area contributed by atoms with Crippen molar-refractivity contribution in [2.24, 2.45) is 0 Å².